The van der Waals surface area contributed by atoms with Gasteiger partial charge in [0.2, 0.25) is 0 Å². The van der Waals surface area contributed by atoms with E-state index in [0.717, 1.165) is 6.42 Å². The summed E-state index contributed by atoms with van der Waals surface area (Å²) in [6.07, 6.45) is 1.09. The predicted molar refractivity (Wildman–Crippen MR) is 70.4 cm³/mol. The molecule has 6 heteroatoms. The molecule has 0 radical (unpaired) electrons. The lowest BCUT2D eigenvalue weighted by Gasteiger charge is -2.23. The lowest BCUT2D eigenvalue weighted by Crippen LogP contribution is -2.43. The SMILES string of the molecule is CC(CCOC=O)OC(=O)C1(C23NC2(C)N3)CC1(C)C. The van der Waals surface area contributed by atoms with Gasteiger partial charge < -0.3 is 9.47 Å². The van der Waals surface area contributed by atoms with E-state index in [1.165, 1.54) is 0 Å². The minimum Gasteiger partial charge on any atom is -0.468 e. The third kappa shape index (κ3) is 1.52. The molecule has 3 aliphatic rings. The second-order valence-electron chi connectivity index (χ2n) is 7.06. The third-order valence-electron chi connectivity index (χ3n) is 5.24. The maximum absolute atomic E-state index is 12.6. The van der Waals surface area contributed by atoms with Gasteiger partial charge in [-0.05, 0) is 25.7 Å². The van der Waals surface area contributed by atoms with Crippen LogP contribution in [0.5, 0.6) is 0 Å². The first-order chi connectivity index (χ1) is 9.25. The molecule has 2 heterocycles. The Morgan fingerprint density at radius 3 is 2.30 bits per heavy atom. The van der Waals surface area contributed by atoms with Crippen LogP contribution in [0.25, 0.3) is 0 Å². The monoisotopic (exact) mass is 282 g/mol. The van der Waals surface area contributed by atoms with Crippen molar-refractivity contribution in [1.82, 2.24) is 10.6 Å². The van der Waals surface area contributed by atoms with Crippen LogP contribution in [-0.4, -0.2) is 36.5 Å². The largest absolute Gasteiger partial charge is 0.468 e. The molecule has 0 aromatic carbocycles. The van der Waals surface area contributed by atoms with E-state index in [1.54, 1.807) is 0 Å². The standard InChI is InChI=1S/C14H22N2O4/c1-9(5-6-19-8-17)20-10(18)13(7-11(13,2)3)14-12(4,15-14)16-14/h8-9,15-16H,5-7H2,1-4H3. The maximum Gasteiger partial charge on any atom is 0.316 e. The molecule has 0 aromatic heterocycles. The van der Waals surface area contributed by atoms with E-state index in [4.69, 9.17) is 4.74 Å². The van der Waals surface area contributed by atoms with Gasteiger partial charge in [0.25, 0.3) is 6.47 Å². The summed E-state index contributed by atoms with van der Waals surface area (Å²) in [6, 6.07) is 0. The minimum absolute atomic E-state index is 0.0582. The maximum atomic E-state index is 12.6. The first-order valence-corrected chi connectivity index (χ1v) is 7.10. The Morgan fingerprint density at radius 1 is 1.35 bits per heavy atom. The molecule has 6 nitrogen and oxygen atoms in total. The normalized spacial score (nSPS) is 44.0. The molecule has 0 bridgehead atoms. The summed E-state index contributed by atoms with van der Waals surface area (Å²) < 4.78 is 10.2. The summed E-state index contributed by atoms with van der Waals surface area (Å²) in [4.78, 5) is 22.7. The zero-order valence-electron chi connectivity index (χ0n) is 12.4. The first-order valence-electron chi connectivity index (χ1n) is 7.10. The number of rotatable bonds is 7. The van der Waals surface area contributed by atoms with Gasteiger partial charge in [0.1, 0.15) is 22.8 Å². The van der Waals surface area contributed by atoms with E-state index >= 15 is 0 Å². The van der Waals surface area contributed by atoms with Crippen LogP contribution in [-0.2, 0) is 19.1 Å². The second kappa shape index (κ2) is 3.74. The van der Waals surface area contributed by atoms with Gasteiger partial charge in [-0.3, -0.25) is 20.2 Å². The molecule has 2 aliphatic heterocycles. The van der Waals surface area contributed by atoms with Crippen molar-refractivity contribution in [2.45, 2.75) is 58.0 Å². The highest BCUT2D eigenvalue weighted by Gasteiger charge is 2.97. The fourth-order valence-corrected chi connectivity index (χ4v) is 3.71. The average Bonchev–Trinajstić information content (AvgIpc) is 3.19. The Bertz CT molecular complexity index is 470. The molecule has 112 valence electrons. The van der Waals surface area contributed by atoms with E-state index in [2.05, 4.69) is 36.1 Å². The average molecular weight is 282 g/mol. The highest BCUT2D eigenvalue weighted by molar-refractivity contribution is 5.87. The molecule has 1 saturated carbocycles. The topological polar surface area (TPSA) is 96.5 Å². The van der Waals surface area contributed by atoms with E-state index in [1.807, 2.05) is 6.92 Å². The molecule has 0 aromatic rings. The van der Waals surface area contributed by atoms with Gasteiger partial charge in [-0.2, -0.15) is 0 Å². The summed E-state index contributed by atoms with van der Waals surface area (Å²) in [5, 5.41) is 6.73. The van der Waals surface area contributed by atoms with Gasteiger partial charge in [-0.25, -0.2) is 0 Å². The van der Waals surface area contributed by atoms with Crippen LogP contribution >= 0.6 is 0 Å². The van der Waals surface area contributed by atoms with Crippen molar-refractivity contribution in [2.24, 2.45) is 10.8 Å². The quantitative estimate of drug-likeness (QED) is 0.306. The van der Waals surface area contributed by atoms with Crippen LogP contribution in [0.4, 0.5) is 0 Å². The molecule has 2 N–H and O–H groups in total. The number of carbonyl (C=O) groups excluding carboxylic acids is 2. The molecular weight excluding hydrogens is 260 g/mol. The third-order valence-corrected chi connectivity index (χ3v) is 5.24. The van der Waals surface area contributed by atoms with Crippen molar-refractivity contribution in [2.75, 3.05) is 6.61 Å². The van der Waals surface area contributed by atoms with E-state index in [-0.39, 0.29) is 35.4 Å². The number of esters is 1. The predicted octanol–water partition coefficient (Wildman–Crippen LogP) is 0.516. The van der Waals surface area contributed by atoms with E-state index < -0.39 is 5.41 Å². The minimum atomic E-state index is -0.478. The highest BCUT2D eigenvalue weighted by atomic mass is 16.6. The number of nitrogens with one attached hydrogen (secondary N) is 2. The summed E-state index contributed by atoms with van der Waals surface area (Å²) in [5.74, 6) is -0.151. The van der Waals surface area contributed by atoms with Crippen molar-refractivity contribution in [3.8, 4) is 0 Å². The number of hydrogen-bond acceptors (Lipinski definition) is 6. The Balaban J connectivity index is 1.63. The van der Waals surface area contributed by atoms with E-state index in [9.17, 15) is 9.59 Å². The van der Waals surface area contributed by atoms with Gasteiger partial charge in [0.15, 0.2) is 0 Å². The first kappa shape index (κ1) is 13.8. The summed E-state index contributed by atoms with van der Waals surface area (Å²) in [7, 11) is 0. The van der Waals surface area contributed by atoms with Gasteiger partial charge in [-0.1, -0.05) is 13.8 Å². The van der Waals surface area contributed by atoms with Gasteiger partial charge in [0, 0.05) is 6.42 Å². The molecular formula is C14H22N2O4. The van der Waals surface area contributed by atoms with Crippen LogP contribution in [0.15, 0.2) is 0 Å². The summed E-state index contributed by atoms with van der Waals surface area (Å²) in [5.41, 5.74) is -0.894. The zero-order chi connectivity index (χ0) is 14.8. The van der Waals surface area contributed by atoms with Crippen LogP contribution in [0.2, 0.25) is 0 Å². The Kier molecular flexibility index (Phi) is 2.58. The second-order valence-corrected chi connectivity index (χ2v) is 7.06. The zero-order valence-corrected chi connectivity index (χ0v) is 12.4. The molecule has 2 saturated heterocycles. The van der Waals surface area contributed by atoms with Gasteiger partial charge in [0.05, 0.1) is 6.61 Å². The summed E-state index contributed by atoms with van der Waals surface area (Å²) >= 11 is 0. The molecule has 2 atom stereocenters. The van der Waals surface area contributed by atoms with Crippen molar-refractivity contribution < 1.29 is 19.1 Å². The Hall–Kier alpha value is -1.14. The van der Waals surface area contributed by atoms with Gasteiger partial charge in [-0.15, -0.1) is 0 Å². The number of fused-ring (bicyclic) bond motifs is 1. The van der Waals surface area contributed by atoms with Crippen molar-refractivity contribution in [3.05, 3.63) is 0 Å². The lowest BCUT2D eigenvalue weighted by atomic mass is 9.89. The summed E-state index contributed by atoms with van der Waals surface area (Å²) in [6.45, 7) is 8.78. The van der Waals surface area contributed by atoms with Crippen LogP contribution in [0, 0.1) is 10.8 Å². The highest BCUT2D eigenvalue weighted by Crippen LogP contribution is 2.79. The molecule has 0 amide bonds. The molecule has 0 spiro atoms. The smallest absolute Gasteiger partial charge is 0.316 e. The molecule has 3 fully saturated rings. The van der Waals surface area contributed by atoms with Gasteiger partial charge >= 0.3 is 5.97 Å². The molecule has 3 rings (SSSR count). The van der Waals surface area contributed by atoms with Crippen LogP contribution in [0.3, 0.4) is 0 Å². The molecule has 2 unspecified atom stereocenters. The number of hydrogen-bond donors (Lipinski definition) is 2. The fraction of sp³-hybridized carbons (Fsp3) is 0.857. The number of ether oxygens (including phenoxy) is 2. The molecule has 1 aliphatic carbocycles. The van der Waals surface area contributed by atoms with E-state index in [0.29, 0.717) is 12.9 Å². The lowest BCUT2D eigenvalue weighted by molar-refractivity contribution is -0.158. The number of carbonyl (C=O) groups is 2. The Labute approximate surface area is 118 Å². The van der Waals surface area contributed by atoms with Crippen molar-refractivity contribution >= 4 is 12.4 Å². The van der Waals surface area contributed by atoms with Crippen molar-refractivity contribution in [3.63, 3.8) is 0 Å². The fourth-order valence-electron chi connectivity index (χ4n) is 3.71. The Morgan fingerprint density at radius 2 is 1.90 bits per heavy atom. The molecule has 20 heavy (non-hydrogen) atoms. The van der Waals surface area contributed by atoms with Crippen molar-refractivity contribution in [1.29, 1.82) is 0 Å². The van der Waals surface area contributed by atoms with Crippen LogP contribution < -0.4 is 10.6 Å². The van der Waals surface area contributed by atoms with Crippen LogP contribution in [0.1, 0.15) is 40.5 Å².